The van der Waals surface area contributed by atoms with E-state index in [0.717, 1.165) is 22.3 Å². The third kappa shape index (κ3) is 4.97. The Bertz CT molecular complexity index is 734. The van der Waals surface area contributed by atoms with Gasteiger partial charge in [0.05, 0.1) is 0 Å². The van der Waals surface area contributed by atoms with Gasteiger partial charge in [0.25, 0.3) is 5.91 Å². The third-order valence-corrected chi connectivity index (χ3v) is 4.12. The van der Waals surface area contributed by atoms with E-state index in [1.54, 1.807) is 6.08 Å². The number of hydrogen-bond donors (Lipinski definition) is 1. The van der Waals surface area contributed by atoms with Crippen LogP contribution in [0.1, 0.15) is 64.4 Å². The van der Waals surface area contributed by atoms with Crippen LogP contribution >= 0.6 is 0 Å². The highest BCUT2D eigenvalue weighted by atomic mass is 16.2. The molecule has 1 N–H and O–H groups in total. The molecule has 146 valence electrons. The molecule has 1 unspecified atom stereocenters. The minimum absolute atomic E-state index is 0.0455. The average Bonchev–Trinajstić information content (AvgIpc) is 3.03. The number of benzene rings is 1. The summed E-state index contributed by atoms with van der Waals surface area (Å²) in [6.45, 7) is 17.7. The smallest absolute Gasteiger partial charge is 0.252 e. The summed E-state index contributed by atoms with van der Waals surface area (Å²) in [5.41, 5.74) is 3.10. The van der Waals surface area contributed by atoms with Gasteiger partial charge in [0.15, 0.2) is 0 Å². The van der Waals surface area contributed by atoms with Crippen molar-refractivity contribution in [2.45, 2.75) is 54.0 Å². The van der Waals surface area contributed by atoms with Gasteiger partial charge in [-0.15, -0.1) is 0 Å². The van der Waals surface area contributed by atoms with E-state index < -0.39 is 5.54 Å². The minimum Gasteiger partial charge on any atom is -0.334 e. The maximum atomic E-state index is 12.6. The zero-order valence-electron chi connectivity index (χ0n) is 18.0. The van der Waals surface area contributed by atoms with Gasteiger partial charge in [-0.25, -0.2) is 0 Å². The molecule has 1 aliphatic rings. The fraction of sp³-hybridized carbons (Fsp3) is 0.320. The molecule has 2 nitrogen and oxygen atoms in total. The molecule has 0 saturated carbocycles. The van der Waals surface area contributed by atoms with Crippen LogP contribution < -0.4 is 5.32 Å². The van der Waals surface area contributed by atoms with E-state index in [4.69, 9.17) is 0 Å². The Morgan fingerprint density at radius 3 is 2.04 bits per heavy atom. The molecule has 0 bridgehead atoms. The van der Waals surface area contributed by atoms with E-state index in [2.05, 4.69) is 11.9 Å². The highest BCUT2D eigenvalue weighted by Crippen LogP contribution is 2.43. The molecule has 1 atom stereocenters. The van der Waals surface area contributed by atoms with Crippen LogP contribution in [0.3, 0.4) is 0 Å². The van der Waals surface area contributed by atoms with E-state index in [1.807, 2.05) is 109 Å². The second-order valence-corrected chi connectivity index (χ2v) is 5.33. The Morgan fingerprint density at radius 2 is 1.52 bits per heavy atom. The lowest BCUT2D eigenvalue weighted by Crippen LogP contribution is -2.42. The molecule has 0 saturated heterocycles. The van der Waals surface area contributed by atoms with Gasteiger partial charge < -0.3 is 5.32 Å². The summed E-state index contributed by atoms with van der Waals surface area (Å²) in [6, 6.07) is 7.76. The lowest BCUT2D eigenvalue weighted by molar-refractivity contribution is 0.0948. The third-order valence-electron chi connectivity index (χ3n) is 4.12. The normalized spacial score (nSPS) is 19.0. The molecule has 2 heteroatoms. The number of carbonyl (C=O) groups is 1. The van der Waals surface area contributed by atoms with Gasteiger partial charge in [-0.3, -0.25) is 4.79 Å². The maximum absolute atomic E-state index is 12.6. The van der Waals surface area contributed by atoms with Crippen LogP contribution in [0.15, 0.2) is 84.5 Å². The van der Waals surface area contributed by atoms with Crippen LogP contribution in [0.5, 0.6) is 0 Å². The lowest BCUT2D eigenvalue weighted by Gasteiger charge is -2.33. The summed E-state index contributed by atoms with van der Waals surface area (Å²) in [4.78, 5) is 12.6. The Morgan fingerprint density at radius 1 is 0.963 bits per heavy atom. The molecule has 0 aromatic heterocycles. The second kappa shape index (κ2) is 12.7. The number of hydrogen-bond acceptors (Lipinski definition) is 1. The molecule has 0 fully saturated rings. The van der Waals surface area contributed by atoms with Crippen molar-refractivity contribution >= 4 is 5.91 Å². The Hall–Kier alpha value is -2.61. The zero-order chi connectivity index (χ0) is 20.9. The van der Waals surface area contributed by atoms with Gasteiger partial charge in [-0.2, -0.15) is 0 Å². The molecule has 1 aliphatic heterocycles. The molecule has 1 amide bonds. The Balaban J connectivity index is 0.00000158. The molecule has 27 heavy (non-hydrogen) atoms. The van der Waals surface area contributed by atoms with Crippen molar-refractivity contribution in [3.05, 3.63) is 95.6 Å². The Kier molecular flexibility index (Phi) is 11.5. The van der Waals surface area contributed by atoms with Crippen molar-refractivity contribution in [3.8, 4) is 0 Å². The molecule has 0 aliphatic carbocycles. The van der Waals surface area contributed by atoms with Crippen molar-refractivity contribution in [1.82, 2.24) is 5.32 Å². The summed E-state index contributed by atoms with van der Waals surface area (Å²) >= 11 is 0. The molecular weight excluding hydrogens is 330 g/mol. The van der Waals surface area contributed by atoms with Crippen LogP contribution in [0.25, 0.3) is 0 Å². The van der Waals surface area contributed by atoms with Gasteiger partial charge in [0, 0.05) is 5.56 Å². The van der Waals surface area contributed by atoms with E-state index in [-0.39, 0.29) is 5.91 Å². The predicted molar refractivity (Wildman–Crippen MR) is 120 cm³/mol. The average molecular weight is 366 g/mol. The van der Waals surface area contributed by atoms with Crippen LogP contribution in [0.2, 0.25) is 0 Å². The molecule has 1 heterocycles. The summed E-state index contributed by atoms with van der Waals surface area (Å²) in [7, 11) is 0. The van der Waals surface area contributed by atoms with E-state index in [9.17, 15) is 4.79 Å². The van der Waals surface area contributed by atoms with Crippen molar-refractivity contribution in [2.75, 3.05) is 0 Å². The Labute approximate surface area is 166 Å². The van der Waals surface area contributed by atoms with E-state index in [1.165, 1.54) is 0 Å². The summed E-state index contributed by atoms with van der Waals surface area (Å²) in [5, 5.41) is 3.22. The van der Waals surface area contributed by atoms with Gasteiger partial charge in [-0.1, -0.05) is 95.0 Å². The lowest BCUT2D eigenvalue weighted by atomic mass is 9.76. The largest absolute Gasteiger partial charge is 0.334 e. The molecule has 0 spiro atoms. The SMILES string of the molecule is C=C/C=C\C(=C/C)C1(C(/C=C\C)=C/C)NC(=O)c2ccccc21.CC.CC. The summed E-state index contributed by atoms with van der Waals surface area (Å²) in [6.07, 6.45) is 13.8. The molecule has 1 aromatic carbocycles. The molecule has 1 aromatic rings. The van der Waals surface area contributed by atoms with Crippen LogP contribution in [-0.2, 0) is 5.54 Å². The fourth-order valence-corrected chi connectivity index (χ4v) is 3.16. The quantitative estimate of drug-likeness (QED) is 0.566. The molecular formula is C25H35NO. The highest BCUT2D eigenvalue weighted by molar-refractivity contribution is 6.02. The van der Waals surface area contributed by atoms with Gasteiger partial charge >= 0.3 is 0 Å². The van der Waals surface area contributed by atoms with Gasteiger partial charge in [-0.05, 0) is 43.5 Å². The minimum atomic E-state index is -0.663. The van der Waals surface area contributed by atoms with Crippen molar-refractivity contribution < 1.29 is 4.79 Å². The standard InChI is InChI=1S/C21H23NO.2C2H6/c1-5-9-13-17(8-4)21(16(7-3)12-6-2)19-15-11-10-14-18(19)20(23)22-21;2*1-2/h5-15H,1H2,2-4H3,(H,22,23);2*1-2H3/b12-6-,13-9-,16-7+,17-8+;;. The van der Waals surface area contributed by atoms with Crippen LogP contribution in [0, 0.1) is 0 Å². The zero-order valence-corrected chi connectivity index (χ0v) is 18.0. The number of allylic oxidation sites excluding steroid dienone is 5. The van der Waals surface area contributed by atoms with Crippen molar-refractivity contribution in [2.24, 2.45) is 0 Å². The number of carbonyl (C=O) groups excluding carboxylic acids is 1. The highest BCUT2D eigenvalue weighted by Gasteiger charge is 2.46. The summed E-state index contributed by atoms with van der Waals surface area (Å²) in [5.74, 6) is -0.0455. The first-order valence-electron chi connectivity index (χ1n) is 9.83. The summed E-state index contributed by atoms with van der Waals surface area (Å²) < 4.78 is 0. The maximum Gasteiger partial charge on any atom is 0.252 e. The van der Waals surface area contributed by atoms with Crippen molar-refractivity contribution in [1.29, 1.82) is 0 Å². The van der Waals surface area contributed by atoms with Gasteiger partial charge in [0.1, 0.15) is 5.54 Å². The number of fused-ring (bicyclic) bond motifs is 1. The number of rotatable bonds is 5. The van der Waals surface area contributed by atoms with Crippen molar-refractivity contribution in [3.63, 3.8) is 0 Å². The van der Waals surface area contributed by atoms with E-state index in [0.29, 0.717) is 0 Å². The molecule has 0 radical (unpaired) electrons. The van der Waals surface area contributed by atoms with Crippen LogP contribution in [-0.4, -0.2) is 5.91 Å². The first-order chi connectivity index (χ1) is 13.1. The number of amides is 1. The predicted octanol–water partition coefficient (Wildman–Crippen LogP) is 6.89. The topological polar surface area (TPSA) is 29.1 Å². The van der Waals surface area contributed by atoms with Crippen LogP contribution in [0.4, 0.5) is 0 Å². The monoisotopic (exact) mass is 365 g/mol. The first kappa shape index (κ1) is 24.4. The molecule has 2 rings (SSSR count). The van der Waals surface area contributed by atoms with Gasteiger partial charge in [0.2, 0.25) is 0 Å². The fourth-order valence-electron chi connectivity index (χ4n) is 3.16. The van der Waals surface area contributed by atoms with E-state index >= 15 is 0 Å². The number of nitrogens with one attached hydrogen (secondary N) is 1. The second-order valence-electron chi connectivity index (χ2n) is 5.33. The first-order valence-corrected chi connectivity index (χ1v) is 9.83.